The van der Waals surface area contributed by atoms with E-state index in [1.165, 1.54) is 13.0 Å². The number of nitro groups is 1. The molecule has 1 aliphatic carbocycles. The number of aromatic nitrogens is 1. The van der Waals surface area contributed by atoms with E-state index in [2.05, 4.69) is 24.2 Å². The van der Waals surface area contributed by atoms with E-state index in [0.717, 1.165) is 45.4 Å². The summed E-state index contributed by atoms with van der Waals surface area (Å²) in [5.74, 6) is -1.79. The maximum atomic E-state index is 13.9. The molecule has 1 heterocycles. The van der Waals surface area contributed by atoms with E-state index < -0.39 is 28.4 Å². The monoisotopic (exact) mass is 646 g/mol. The maximum Gasteiger partial charge on any atom is 0.331 e. The van der Waals surface area contributed by atoms with Crippen LogP contribution in [0.1, 0.15) is 113 Å². The molecular formula is C35H42N4O8. The third kappa shape index (κ3) is 8.55. The molecule has 1 saturated carbocycles. The molecule has 12 heteroatoms. The van der Waals surface area contributed by atoms with Gasteiger partial charge in [0, 0.05) is 53.9 Å². The molecule has 0 atom stereocenters. The van der Waals surface area contributed by atoms with Crippen LogP contribution in [0.15, 0.2) is 40.6 Å². The molecule has 1 aromatic heterocycles. The molecule has 3 aromatic rings. The number of carbonyl (C=O) groups is 4. The number of benzene rings is 2. The van der Waals surface area contributed by atoms with E-state index in [9.17, 15) is 29.3 Å². The quantitative estimate of drug-likeness (QED) is 0.0565. The second kappa shape index (κ2) is 15.7. The normalized spacial score (nSPS) is 14.5. The SMILES string of the molecule is CCC/C(=N\OC(C)=O)C(=O)c1cc([N+](=O)[O-])c2c(c1)c1cc(C(=O)/C(CC3CCCCC3)=N/OC(C)=O)ccc1n2CCC(C)C. The van der Waals surface area contributed by atoms with Crippen LogP contribution in [-0.2, 0) is 25.8 Å². The summed E-state index contributed by atoms with van der Waals surface area (Å²) in [5.41, 5.74) is 1.13. The lowest BCUT2D eigenvalue weighted by Gasteiger charge is -2.21. The summed E-state index contributed by atoms with van der Waals surface area (Å²) < 4.78 is 1.86. The highest BCUT2D eigenvalue weighted by Crippen LogP contribution is 2.38. The van der Waals surface area contributed by atoms with Crippen molar-refractivity contribution in [1.82, 2.24) is 4.57 Å². The number of hydrogen-bond donors (Lipinski definition) is 0. The summed E-state index contributed by atoms with van der Waals surface area (Å²) in [7, 11) is 0. The minimum atomic E-state index is -0.696. The standard InChI is InChI=1S/C35H42N4O8/c1-6-10-29(36-46-22(4)40)35(43)26-19-28-27-18-25(34(42)30(37-47-23(5)41)17-24-11-8-7-9-12-24)13-14-31(27)38(16-15-21(2)3)33(28)32(20-26)39(44)45/h13-14,18-21,24H,6-12,15-17H2,1-5H3/b36-29+,37-30+. The number of carbonyl (C=O) groups excluding carboxylic acids is 4. The van der Waals surface area contributed by atoms with Gasteiger partial charge in [0.25, 0.3) is 5.69 Å². The second-order valence-electron chi connectivity index (χ2n) is 12.6. The molecule has 0 aliphatic heterocycles. The molecule has 47 heavy (non-hydrogen) atoms. The van der Waals surface area contributed by atoms with Crippen LogP contribution in [0.25, 0.3) is 21.8 Å². The summed E-state index contributed by atoms with van der Waals surface area (Å²) in [6.07, 6.45) is 6.99. The number of rotatable bonds is 14. The Morgan fingerprint density at radius 1 is 0.915 bits per heavy atom. The third-order valence-corrected chi connectivity index (χ3v) is 8.37. The Morgan fingerprint density at radius 2 is 1.53 bits per heavy atom. The first-order valence-electron chi connectivity index (χ1n) is 16.2. The molecule has 12 nitrogen and oxygen atoms in total. The van der Waals surface area contributed by atoms with E-state index in [0.29, 0.717) is 47.1 Å². The molecule has 1 fully saturated rings. The van der Waals surface area contributed by atoms with Crippen molar-refractivity contribution < 1.29 is 33.8 Å². The van der Waals surface area contributed by atoms with Crippen molar-refractivity contribution in [3.8, 4) is 0 Å². The minimum absolute atomic E-state index is 0.0117. The van der Waals surface area contributed by atoms with Crippen LogP contribution in [0.5, 0.6) is 0 Å². The molecule has 0 spiro atoms. The van der Waals surface area contributed by atoms with E-state index in [1.54, 1.807) is 24.3 Å². The highest BCUT2D eigenvalue weighted by atomic mass is 16.7. The summed E-state index contributed by atoms with van der Waals surface area (Å²) in [6.45, 7) is 8.80. The van der Waals surface area contributed by atoms with E-state index in [-0.39, 0.29) is 40.6 Å². The van der Waals surface area contributed by atoms with Crippen LogP contribution >= 0.6 is 0 Å². The maximum absolute atomic E-state index is 13.9. The van der Waals surface area contributed by atoms with Gasteiger partial charge in [-0.3, -0.25) is 19.7 Å². The van der Waals surface area contributed by atoms with Crippen molar-refractivity contribution in [2.45, 2.75) is 99.0 Å². The Morgan fingerprint density at radius 3 is 2.13 bits per heavy atom. The number of nitrogens with zero attached hydrogens (tertiary/aromatic N) is 4. The molecule has 0 unspecified atom stereocenters. The Bertz CT molecular complexity index is 1760. The summed E-state index contributed by atoms with van der Waals surface area (Å²) in [5, 5.41) is 21.2. The van der Waals surface area contributed by atoms with Gasteiger partial charge >= 0.3 is 11.9 Å². The zero-order valence-electron chi connectivity index (χ0n) is 27.7. The Kier molecular flexibility index (Phi) is 11.7. The van der Waals surface area contributed by atoms with E-state index in [4.69, 9.17) is 9.68 Å². The van der Waals surface area contributed by atoms with Crippen LogP contribution in [0.3, 0.4) is 0 Å². The first-order chi connectivity index (χ1) is 22.4. The number of nitro benzene ring substituents is 1. The molecule has 0 radical (unpaired) electrons. The minimum Gasteiger partial charge on any atom is -0.335 e. The number of aryl methyl sites for hydroxylation is 1. The Labute approximate surface area is 273 Å². The average Bonchev–Trinajstić information content (AvgIpc) is 3.35. The smallest absolute Gasteiger partial charge is 0.331 e. The topological polar surface area (TPSA) is 160 Å². The lowest BCUT2D eigenvalue weighted by Crippen LogP contribution is -2.21. The van der Waals surface area contributed by atoms with Crippen molar-refractivity contribution in [3.63, 3.8) is 0 Å². The number of non-ortho nitro benzene ring substituents is 1. The fourth-order valence-electron chi connectivity index (χ4n) is 6.09. The van der Waals surface area contributed by atoms with Crippen LogP contribution in [0.2, 0.25) is 0 Å². The fourth-order valence-corrected chi connectivity index (χ4v) is 6.09. The molecule has 0 bridgehead atoms. The van der Waals surface area contributed by atoms with Crippen molar-refractivity contribution in [1.29, 1.82) is 0 Å². The fraction of sp³-hybridized carbons (Fsp3) is 0.486. The van der Waals surface area contributed by atoms with Gasteiger partial charge in [0.2, 0.25) is 11.6 Å². The lowest BCUT2D eigenvalue weighted by molar-refractivity contribution is -0.383. The summed E-state index contributed by atoms with van der Waals surface area (Å²) in [4.78, 5) is 72.3. The van der Waals surface area contributed by atoms with Gasteiger partial charge in [-0.25, -0.2) is 9.59 Å². The molecular weight excluding hydrogens is 604 g/mol. The van der Waals surface area contributed by atoms with Crippen molar-refractivity contribution in [2.24, 2.45) is 22.1 Å². The summed E-state index contributed by atoms with van der Waals surface area (Å²) >= 11 is 0. The second-order valence-corrected chi connectivity index (χ2v) is 12.6. The number of fused-ring (bicyclic) bond motifs is 3. The Hall–Kier alpha value is -4.74. The largest absolute Gasteiger partial charge is 0.335 e. The van der Waals surface area contributed by atoms with Gasteiger partial charge in [0.05, 0.1) is 4.92 Å². The highest BCUT2D eigenvalue weighted by molar-refractivity contribution is 6.47. The number of ketones is 2. The van der Waals surface area contributed by atoms with Crippen LogP contribution in [-0.4, -0.2) is 44.4 Å². The zero-order valence-corrected chi connectivity index (χ0v) is 27.7. The number of hydrogen-bond acceptors (Lipinski definition) is 10. The predicted molar refractivity (Wildman–Crippen MR) is 179 cm³/mol. The molecule has 0 N–H and O–H groups in total. The van der Waals surface area contributed by atoms with Crippen molar-refractivity contribution in [3.05, 3.63) is 51.6 Å². The molecule has 4 rings (SSSR count). The third-order valence-electron chi connectivity index (χ3n) is 8.37. The van der Waals surface area contributed by atoms with Crippen LogP contribution < -0.4 is 0 Å². The molecule has 2 aromatic carbocycles. The molecule has 0 saturated heterocycles. The van der Waals surface area contributed by atoms with Gasteiger partial charge in [-0.2, -0.15) is 0 Å². The van der Waals surface area contributed by atoms with Crippen molar-refractivity contribution >= 4 is 62.4 Å². The predicted octanol–water partition coefficient (Wildman–Crippen LogP) is 7.72. The first kappa shape index (κ1) is 35.1. The van der Waals surface area contributed by atoms with E-state index >= 15 is 0 Å². The van der Waals surface area contributed by atoms with Gasteiger partial charge in [-0.05, 0) is 55.4 Å². The first-order valence-corrected chi connectivity index (χ1v) is 16.2. The molecule has 250 valence electrons. The van der Waals surface area contributed by atoms with E-state index in [1.807, 2.05) is 11.5 Å². The van der Waals surface area contributed by atoms with Crippen LogP contribution in [0.4, 0.5) is 5.69 Å². The van der Waals surface area contributed by atoms with Gasteiger partial charge in [-0.15, -0.1) is 0 Å². The Balaban J connectivity index is 1.92. The van der Waals surface area contributed by atoms with Gasteiger partial charge in [0.15, 0.2) is 0 Å². The number of Topliss-reactive ketones (excluding diaryl/α,β-unsaturated/α-hetero) is 2. The van der Waals surface area contributed by atoms with Gasteiger partial charge in [0.1, 0.15) is 16.9 Å². The summed E-state index contributed by atoms with van der Waals surface area (Å²) in [6, 6.07) is 7.87. The van der Waals surface area contributed by atoms with Gasteiger partial charge in [-0.1, -0.05) is 69.6 Å². The highest BCUT2D eigenvalue weighted by Gasteiger charge is 2.28. The number of oxime groups is 2. The molecule has 0 amide bonds. The average molecular weight is 647 g/mol. The van der Waals surface area contributed by atoms with Crippen LogP contribution in [0, 0.1) is 22.0 Å². The zero-order chi connectivity index (χ0) is 34.2. The lowest BCUT2D eigenvalue weighted by atomic mass is 9.84. The molecule has 1 aliphatic rings. The van der Waals surface area contributed by atoms with Gasteiger partial charge < -0.3 is 14.2 Å². The van der Waals surface area contributed by atoms with Crippen molar-refractivity contribution in [2.75, 3.05) is 0 Å².